The highest BCUT2D eigenvalue weighted by molar-refractivity contribution is 5.89. The number of rotatable bonds is 9. The second-order valence-electron chi connectivity index (χ2n) is 7.08. The van der Waals surface area contributed by atoms with Crippen molar-refractivity contribution in [2.24, 2.45) is 0 Å². The zero-order valence-electron chi connectivity index (χ0n) is 16.7. The van der Waals surface area contributed by atoms with E-state index in [2.05, 4.69) is 32.1 Å². The SMILES string of the molecule is CCCCC=C(C)C=C[C@H]1CCC(=O)N1CCc1ccc(C(=O)OC)cc1. The molecule has 1 aromatic rings. The Morgan fingerprint density at radius 1 is 1.30 bits per heavy atom. The van der Waals surface area contributed by atoms with E-state index in [1.807, 2.05) is 17.0 Å². The van der Waals surface area contributed by atoms with Gasteiger partial charge in [0.05, 0.1) is 18.7 Å². The van der Waals surface area contributed by atoms with E-state index in [4.69, 9.17) is 4.74 Å². The van der Waals surface area contributed by atoms with Crippen molar-refractivity contribution in [1.82, 2.24) is 4.90 Å². The molecular weight excluding hydrogens is 338 g/mol. The van der Waals surface area contributed by atoms with Gasteiger partial charge in [0, 0.05) is 13.0 Å². The third-order valence-electron chi connectivity index (χ3n) is 5.00. The molecule has 1 aromatic carbocycles. The monoisotopic (exact) mass is 369 g/mol. The quantitative estimate of drug-likeness (QED) is 0.360. The van der Waals surface area contributed by atoms with E-state index >= 15 is 0 Å². The summed E-state index contributed by atoms with van der Waals surface area (Å²) >= 11 is 0. The van der Waals surface area contributed by atoms with Crippen LogP contribution in [0.25, 0.3) is 0 Å². The number of benzene rings is 1. The summed E-state index contributed by atoms with van der Waals surface area (Å²) in [5.41, 5.74) is 2.92. The van der Waals surface area contributed by atoms with Gasteiger partial charge in [-0.2, -0.15) is 0 Å². The van der Waals surface area contributed by atoms with Gasteiger partial charge >= 0.3 is 5.97 Å². The summed E-state index contributed by atoms with van der Waals surface area (Å²) < 4.78 is 4.72. The summed E-state index contributed by atoms with van der Waals surface area (Å²) in [6.45, 7) is 5.02. The highest BCUT2D eigenvalue weighted by Gasteiger charge is 2.28. The number of carbonyl (C=O) groups excluding carboxylic acids is 2. The average molecular weight is 370 g/mol. The summed E-state index contributed by atoms with van der Waals surface area (Å²) in [6, 6.07) is 7.58. The number of unbranched alkanes of at least 4 members (excludes halogenated alkanes) is 2. The van der Waals surface area contributed by atoms with Gasteiger partial charge in [0.15, 0.2) is 0 Å². The van der Waals surface area contributed by atoms with E-state index in [-0.39, 0.29) is 17.9 Å². The van der Waals surface area contributed by atoms with E-state index in [1.165, 1.54) is 25.5 Å². The van der Waals surface area contributed by atoms with Gasteiger partial charge in [-0.15, -0.1) is 0 Å². The Bertz CT molecular complexity index is 688. The highest BCUT2D eigenvalue weighted by atomic mass is 16.5. The molecule has 1 fully saturated rings. The Morgan fingerprint density at radius 3 is 2.70 bits per heavy atom. The smallest absolute Gasteiger partial charge is 0.337 e. The fourth-order valence-corrected chi connectivity index (χ4v) is 3.29. The third kappa shape index (κ3) is 6.38. The first-order valence-electron chi connectivity index (χ1n) is 9.86. The lowest BCUT2D eigenvalue weighted by Crippen LogP contribution is -2.33. The van der Waals surface area contributed by atoms with Gasteiger partial charge in [-0.3, -0.25) is 4.79 Å². The predicted octanol–water partition coefficient (Wildman–Crippen LogP) is 4.70. The first-order valence-corrected chi connectivity index (χ1v) is 9.86. The zero-order valence-corrected chi connectivity index (χ0v) is 16.7. The van der Waals surface area contributed by atoms with E-state index in [0.717, 1.165) is 24.8 Å². The fourth-order valence-electron chi connectivity index (χ4n) is 3.29. The van der Waals surface area contributed by atoms with Crippen LogP contribution < -0.4 is 0 Å². The van der Waals surface area contributed by atoms with Crippen LogP contribution in [-0.4, -0.2) is 36.5 Å². The molecule has 1 atom stereocenters. The van der Waals surface area contributed by atoms with Crippen LogP contribution in [0.3, 0.4) is 0 Å². The van der Waals surface area contributed by atoms with Crippen LogP contribution in [0.2, 0.25) is 0 Å². The molecular formula is C23H31NO3. The van der Waals surface area contributed by atoms with Crippen LogP contribution in [0.15, 0.2) is 48.1 Å². The number of amides is 1. The maximum absolute atomic E-state index is 12.3. The molecule has 4 nitrogen and oxygen atoms in total. The molecule has 1 saturated heterocycles. The molecule has 0 N–H and O–H groups in total. The number of allylic oxidation sites excluding steroid dienone is 3. The molecule has 4 heteroatoms. The number of nitrogens with zero attached hydrogens (tertiary/aromatic N) is 1. The van der Waals surface area contributed by atoms with Gasteiger partial charge < -0.3 is 9.64 Å². The summed E-state index contributed by atoms with van der Waals surface area (Å²) in [4.78, 5) is 25.7. The number of esters is 1. The minimum Gasteiger partial charge on any atom is -0.465 e. The molecule has 1 aliphatic heterocycles. The molecule has 27 heavy (non-hydrogen) atoms. The number of carbonyl (C=O) groups is 2. The fraction of sp³-hybridized carbons (Fsp3) is 0.478. The normalized spacial score (nSPS) is 17.7. The molecule has 0 bridgehead atoms. The largest absolute Gasteiger partial charge is 0.465 e. The first-order chi connectivity index (χ1) is 13.0. The van der Waals surface area contributed by atoms with Crippen molar-refractivity contribution in [3.63, 3.8) is 0 Å². The summed E-state index contributed by atoms with van der Waals surface area (Å²) in [5.74, 6) is -0.104. The van der Waals surface area contributed by atoms with Gasteiger partial charge in [0.25, 0.3) is 0 Å². The summed E-state index contributed by atoms with van der Waals surface area (Å²) in [7, 11) is 1.38. The summed E-state index contributed by atoms with van der Waals surface area (Å²) in [5, 5.41) is 0. The van der Waals surface area contributed by atoms with Gasteiger partial charge in [-0.25, -0.2) is 4.79 Å². The lowest BCUT2D eigenvalue weighted by molar-refractivity contribution is -0.128. The van der Waals surface area contributed by atoms with Gasteiger partial charge in [-0.1, -0.05) is 55.7 Å². The van der Waals surface area contributed by atoms with Crippen molar-refractivity contribution in [1.29, 1.82) is 0 Å². The van der Waals surface area contributed by atoms with E-state index in [1.54, 1.807) is 12.1 Å². The van der Waals surface area contributed by atoms with Gasteiger partial charge in [-0.05, 0) is 43.9 Å². The van der Waals surface area contributed by atoms with E-state index in [0.29, 0.717) is 18.5 Å². The number of methoxy groups -OCH3 is 1. The van der Waals surface area contributed by atoms with Crippen LogP contribution in [0.1, 0.15) is 61.9 Å². The van der Waals surface area contributed by atoms with E-state index in [9.17, 15) is 9.59 Å². The van der Waals surface area contributed by atoms with Crippen molar-refractivity contribution < 1.29 is 14.3 Å². The molecule has 1 aliphatic rings. The minimum absolute atomic E-state index is 0.182. The van der Waals surface area contributed by atoms with E-state index < -0.39 is 0 Å². The predicted molar refractivity (Wildman–Crippen MR) is 109 cm³/mol. The first kappa shape index (κ1) is 20.9. The second-order valence-corrected chi connectivity index (χ2v) is 7.08. The van der Waals surface area contributed by atoms with Crippen molar-refractivity contribution >= 4 is 11.9 Å². The molecule has 0 radical (unpaired) electrons. The number of likely N-dealkylation sites (tertiary alicyclic amines) is 1. The zero-order chi connectivity index (χ0) is 19.6. The number of hydrogen-bond donors (Lipinski definition) is 0. The van der Waals surface area contributed by atoms with Crippen molar-refractivity contribution in [3.05, 3.63) is 59.2 Å². The molecule has 0 spiro atoms. The topological polar surface area (TPSA) is 46.6 Å². The van der Waals surface area contributed by atoms with Crippen molar-refractivity contribution in [2.75, 3.05) is 13.7 Å². The Kier molecular flexibility index (Phi) is 8.31. The van der Waals surface area contributed by atoms with Crippen molar-refractivity contribution in [3.8, 4) is 0 Å². The Labute approximate surface area is 162 Å². The van der Waals surface area contributed by atoms with Crippen LogP contribution in [0.5, 0.6) is 0 Å². The van der Waals surface area contributed by atoms with Gasteiger partial charge in [0.1, 0.15) is 0 Å². The Balaban J connectivity index is 1.92. The Hall–Kier alpha value is -2.36. The molecule has 2 rings (SSSR count). The second kappa shape index (κ2) is 10.7. The highest BCUT2D eigenvalue weighted by Crippen LogP contribution is 2.21. The lowest BCUT2D eigenvalue weighted by Gasteiger charge is -2.22. The molecule has 1 heterocycles. The van der Waals surface area contributed by atoms with Crippen LogP contribution >= 0.6 is 0 Å². The molecule has 146 valence electrons. The molecule has 1 amide bonds. The van der Waals surface area contributed by atoms with Crippen LogP contribution in [0.4, 0.5) is 0 Å². The van der Waals surface area contributed by atoms with Crippen LogP contribution in [-0.2, 0) is 16.0 Å². The Morgan fingerprint density at radius 2 is 2.04 bits per heavy atom. The molecule has 0 unspecified atom stereocenters. The van der Waals surface area contributed by atoms with Crippen LogP contribution in [0, 0.1) is 0 Å². The molecule has 0 aromatic heterocycles. The summed E-state index contributed by atoms with van der Waals surface area (Å²) in [6.07, 6.45) is 12.4. The number of ether oxygens (including phenoxy) is 1. The molecule has 0 aliphatic carbocycles. The maximum atomic E-state index is 12.3. The maximum Gasteiger partial charge on any atom is 0.337 e. The third-order valence-corrected chi connectivity index (χ3v) is 5.00. The number of hydrogen-bond acceptors (Lipinski definition) is 3. The lowest BCUT2D eigenvalue weighted by atomic mass is 10.1. The minimum atomic E-state index is -0.330. The molecule has 0 saturated carbocycles. The van der Waals surface area contributed by atoms with Gasteiger partial charge in [0.2, 0.25) is 5.91 Å². The average Bonchev–Trinajstić information content (AvgIpc) is 3.04. The van der Waals surface area contributed by atoms with Crippen molar-refractivity contribution in [2.45, 2.75) is 58.4 Å². The standard InChI is InChI=1S/C23H31NO3/c1-4-5-6-7-18(2)8-13-21-14-15-22(25)24(21)17-16-19-9-11-20(12-10-19)23(26)27-3/h7-13,21H,4-6,14-17H2,1-3H3/t21-/m0/s1.